The first-order valence-corrected chi connectivity index (χ1v) is 5.44. The number of aromatic nitrogens is 1. The lowest BCUT2D eigenvalue weighted by atomic mass is 10.1. The second kappa shape index (κ2) is 5.82. The van der Waals surface area contributed by atoms with Crippen molar-refractivity contribution in [3.63, 3.8) is 0 Å². The number of hydrogen-bond acceptors (Lipinski definition) is 3. The van der Waals surface area contributed by atoms with Gasteiger partial charge in [-0.05, 0) is 19.9 Å². The van der Waals surface area contributed by atoms with Gasteiger partial charge in [-0.2, -0.15) is 0 Å². The molecule has 0 radical (unpaired) electrons. The summed E-state index contributed by atoms with van der Waals surface area (Å²) < 4.78 is 6.79. The number of rotatable bonds is 6. The summed E-state index contributed by atoms with van der Waals surface area (Å²) in [5.74, 6) is 0. The Kier molecular flexibility index (Phi) is 4.71. The molecule has 0 fully saturated rings. The van der Waals surface area contributed by atoms with Gasteiger partial charge in [-0.3, -0.25) is 4.79 Å². The minimum atomic E-state index is -0.0624. The molecule has 1 aromatic rings. The number of methoxy groups -OCH3 is 1. The smallest absolute Gasteiger partial charge is 0.250 e. The Balaban J connectivity index is 2.42. The van der Waals surface area contributed by atoms with E-state index < -0.39 is 0 Å². The van der Waals surface area contributed by atoms with Crippen LogP contribution >= 0.6 is 0 Å². The van der Waals surface area contributed by atoms with Crippen molar-refractivity contribution in [2.75, 3.05) is 20.3 Å². The highest BCUT2D eigenvalue weighted by Crippen LogP contribution is 2.00. The summed E-state index contributed by atoms with van der Waals surface area (Å²) >= 11 is 0. The third-order valence-electron chi connectivity index (χ3n) is 2.36. The van der Waals surface area contributed by atoms with Gasteiger partial charge in [0.05, 0.1) is 6.61 Å². The highest BCUT2D eigenvalue weighted by Gasteiger charge is 2.15. The highest BCUT2D eigenvalue weighted by molar-refractivity contribution is 4.93. The van der Waals surface area contributed by atoms with Crippen molar-refractivity contribution in [2.45, 2.75) is 25.9 Å². The average Bonchev–Trinajstić information content (AvgIpc) is 2.20. The molecule has 90 valence electrons. The van der Waals surface area contributed by atoms with Crippen LogP contribution in [-0.2, 0) is 11.3 Å². The van der Waals surface area contributed by atoms with Gasteiger partial charge in [0.15, 0.2) is 0 Å². The van der Waals surface area contributed by atoms with Gasteiger partial charge >= 0.3 is 0 Å². The van der Waals surface area contributed by atoms with Crippen molar-refractivity contribution >= 4 is 0 Å². The van der Waals surface area contributed by atoms with Gasteiger partial charge in [0, 0.05) is 38.0 Å². The zero-order chi connectivity index (χ0) is 12.0. The maximum absolute atomic E-state index is 11.4. The molecule has 0 aromatic carbocycles. The molecule has 0 spiro atoms. The Morgan fingerprint density at radius 1 is 1.44 bits per heavy atom. The van der Waals surface area contributed by atoms with Crippen LogP contribution in [0.1, 0.15) is 13.8 Å². The first-order valence-electron chi connectivity index (χ1n) is 5.44. The summed E-state index contributed by atoms with van der Waals surface area (Å²) in [4.78, 5) is 11.4. The Bertz CT molecular complexity index is 371. The molecule has 0 aliphatic rings. The number of nitrogens with zero attached hydrogens (tertiary/aromatic N) is 1. The molecule has 4 nitrogen and oxygen atoms in total. The lowest BCUT2D eigenvalue weighted by Crippen LogP contribution is -2.45. The van der Waals surface area contributed by atoms with Gasteiger partial charge in [0.1, 0.15) is 0 Å². The summed E-state index contributed by atoms with van der Waals surface area (Å²) in [6.45, 7) is 6.22. The van der Waals surface area contributed by atoms with E-state index in [1.54, 1.807) is 30.0 Å². The Morgan fingerprint density at radius 3 is 2.81 bits per heavy atom. The lowest BCUT2D eigenvalue weighted by molar-refractivity contribution is 0.128. The van der Waals surface area contributed by atoms with Crippen molar-refractivity contribution in [2.24, 2.45) is 0 Å². The molecule has 0 saturated heterocycles. The topological polar surface area (TPSA) is 43.3 Å². The molecule has 0 amide bonds. The van der Waals surface area contributed by atoms with E-state index in [9.17, 15) is 4.79 Å². The van der Waals surface area contributed by atoms with Crippen molar-refractivity contribution in [1.29, 1.82) is 0 Å². The molecule has 4 heteroatoms. The lowest BCUT2D eigenvalue weighted by Gasteiger charge is -2.25. The van der Waals surface area contributed by atoms with Crippen molar-refractivity contribution in [3.05, 3.63) is 34.7 Å². The molecular formula is C12H20N2O2. The van der Waals surface area contributed by atoms with E-state index >= 15 is 0 Å². The second-order valence-corrected chi connectivity index (χ2v) is 4.48. The molecule has 16 heavy (non-hydrogen) atoms. The second-order valence-electron chi connectivity index (χ2n) is 4.48. The largest absolute Gasteiger partial charge is 0.383 e. The van der Waals surface area contributed by atoms with E-state index in [0.717, 1.165) is 6.54 Å². The molecule has 1 rings (SSSR count). The highest BCUT2D eigenvalue weighted by atomic mass is 16.5. The molecule has 1 aromatic heterocycles. The molecule has 0 saturated carbocycles. The minimum absolute atomic E-state index is 0.0360. The van der Waals surface area contributed by atoms with Gasteiger partial charge in [0.25, 0.3) is 5.56 Å². The van der Waals surface area contributed by atoms with Gasteiger partial charge in [-0.15, -0.1) is 0 Å². The molecule has 1 heterocycles. The number of hydrogen-bond donors (Lipinski definition) is 1. The molecule has 0 aliphatic heterocycles. The molecule has 0 unspecified atom stereocenters. The first kappa shape index (κ1) is 12.9. The van der Waals surface area contributed by atoms with E-state index in [4.69, 9.17) is 4.74 Å². The Labute approximate surface area is 96.2 Å². The van der Waals surface area contributed by atoms with E-state index in [1.807, 2.05) is 6.07 Å². The quantitative estimate of drug-likeness (QED) is 0.779. The average molecular weight is 224 g/mol. The fourth-order valence-electron chi connectivity index (χ4n) is 1.57. The van der Waals surface area contributed by atoms with E-state index in [1.165, 1.54) is 0 Å². The third-order valence-corrected chi connectivity index (χ3v) is 2.36. The predicted octanol–water partition coefficient (Wildman–Crippen LogP) is 0.863. The molecule has 0 bridgehead atoms. The van der Waals surface area contributed by atoms with Crippen LogP contribution in [-0.4, -0.2) is 30.4 Å². The number of nitrogens with one attached hydrogen (secondary N) is 1. The van der Waals surface area contributed by atoms with Crippen LogP contribution in [0.2, 0.25) is 0 Å². The maximum atomic E-state index is 11.4. The Hall–Kier alpha value is -1.13. The number of ether oxygens (including phenoxy) is 1. The van der Waals surface area contributed by atoms with Crippen LogP contribution in [0.3, 0.4) is 0 Å². The zero-order valence-electron chi connectivity index (χ0n) is 10.2. The van der Waals surface area contributed by atoms with Crippen molar-refractivity contribution in [3.8, 4) is 0 Å². The van der Waals surface area contributed by atoms with Gasteiger partial charge in [-0.1, -0.05) is 6.07 Å². The van der Waals surface area contributed by atoms with Gasteiger partial charge < -0.3 is 14.6 Å². The van der Waals surface area contributed by atoms with Gasteiger partial charge in [-0.25, -0.2) is 0 Å². The van der Waals surface area contributed by atoms with E-state index in [-0.39, 0.29) is 11.1 Å². The summed E-state index contributed by atoms with van der Waals surface area (Å²) in [5, 5.41) is 3.35. The minimum Gasteiger partial charge on any atom is -0.383 e. The van der Waals surface area contributed by atoms with Crippen molar-refractivity contribution < 1.29 is 4.74 Å². The zero-order valence-corrected chi connectivity index (χ0v) is 10.2. The molecule has 0 aliphatic carbocycles. The van der Waals surface area contributed by atoms with Crippen LogP contribution in [0.5, 0.6) is 0 Å². The maximum Gasteiger partial charge on any atom is 0.250 e. The van der Waals surface area contributed by atoms with E-state index in [2.05, 4.69) is 19.2 Å². The van der Waals surface area contributed by atoms with Crippen molar-refractivity contribution in [1.82, 2.24) is 9.88 Å². The fourth-order valence-corrected chi connectivity index (χ4v) is 1.57. The van der Waals surface area contributed by atoms with Crippen LogP contribution in [0.15, 0.2) is 29.2 Å². The standard InChI is InChI=1S/C12H20N2O2/c1-12(2,10-16-3)13-7-9-14-8-5-4-6-11(14)15/h4-6,8,13H,7,9-10H2,1-3H3. The van der Waals surface area contributed by atoms with Crippen LogP contribution < -0.4 is 10.9 Å². The summed E-state index contributed by atoms with van der Waals surface area (Å²) in [6, 6.07) is 5.18. The van der Waals surface area contributed by atoms with Gasteiger partial charge in [0.2, 0.25) is 0 Å². The predicted molar refractivity (Wildman–Crippen MR) is 64.7 cm³/mol. The monoisotopic (exact) mass is 224 g/mol. The molecule has 1 N–H and O–H groups in total. The number of pyridine rings is 1. The third kappa shape index (κ3) is 4.16. The fraction of sp³-hybridized carbons (Fsp3) is 0.583. The van der Waals surface area contributed by atoms with Crippen LogP contribution in [0.4, 0.5) is 0 Å². The Morgan fingerprint density at radius 2 is 2.19 bits per heavy atom. The normalized spacial score (nSPS) is 11.7. The summed E-state index contributed by atoms with van der Waals surface area (Å²) in [6.07, 6.45) is 1.80. The first-order chi connectivity index (χ1) is 7.55. The summed E-state index contributed by atoms with van der Waals surface area (Å²) in [7, 11) is 1.69. The van der Waals surface area contributed by atoms with Crippen LogP contribution in [0, 0.1) is 0 Å². The molecular weight excluding hydrogens is 204 g/mol. The van der Waals surface area contributed by atoms with Crippen LogP contribution in [0.25, 0.3) is 0 Å². The SMILES string of the molecule is COCC(C)(C)NCCn1ccccc1=O. The van der Waals surface area contributed by atoms with E-state index in [0.29, 0.717) is 13.2 Å². The summed E-state index contributed by atoms with van der Waals surface area (Å²) in [5.41, 5.74) is -0.0264. The molecule has 0 atom stereocenters.